The van der Waals surface area contributed by atoms with Crippen LogP contribution in [-0.4, -0.2) is 54.6 Å². The molecule has 0 radical (unpaired) electrons. The van der Waals surface area contributed by atoms with Gasteiger partial charge in [-0.2, -0.15) is 9.29 Å². The second-order valence-corrected chi connectivity index (χ2v) is 9.27. The van der Waals surface area contributed by atoms with Crippen molar-refractivity contribution in [3.63, 3.8) is 0 Å². The van der Waals surface area contributed by atoms with E-state index in [0.717, 1.165) is 16.7 Å². The van der Waals surface area contributed by atoms with E-state index >= 15 is 0 Å². The molecule has 1 aliphatic rings. The standard InChI is InChI=1S/C21H25N5O2S/c1-2-29(27,28)26-14-12-25(13-15-26)21-23-19-11-7-6-10-18(19)20(24-21)22-16-17-8-4-3-5-9-17/h3-11H,2,12-16H2,1H3,(H,22,23,24). The topological polar surface area (TPSA) is 78.4 Å². The Morgan fingerprint density at radius 2 is 1.62 bits per heavy atom. The molecule has 2 heterocycles. The Morgan fingerprint density at radius 3 is 2.34 bits per heavy atom. The summed E-state index contributed by atoms with van der Waals surface area (Å²) in [7, 11) is -3.16. The molecule has 7 nitrogen and oxygen atoms in total. The number of para-hydroxylation sites is 1. The first-order valence-corrected chi connectivity index (χ1v) is 11.4. The molecular formula is C21H25N5O2S. The molecule has 3 aromatic rings. The van der Waals surface area contributed by atoms with Crippen LogP contribution in [-0.2, 0) is 16.6 Å². The van der Waals surface area contributed by atoms with Crippen molar-refractivity contribution in [3.8, 4) is 0 Å². The van der Waals surface area contributed by atoms with Crippen molar-refractivity contribution in [1.29, 1.82) is 0 Å². The van der Waals surface area contributed by atoms with Crippen molar-refractivity contribution >= 4 is 32.7 Å². The monoisotopic (exact) mass is 411 g/mol. The average Bonchev–Trinajstić information content (AvgIpc) is 2.78. The number of benzene rings is 2. The van der Waals surface area contributed by atoms with Gasteiger partial charge in [-0.15, -0.1) is 0 Å². The molecule has 2 aromatic carbocycles. The van der Waals surface area contributed by atoms with Crippen LogP contribution in [0.4, 0.5) is 11.8 Å². The van der Waals surface area contributed by atoms with E-state index in [9.17, 15) is 8.42 Å². The SMILES string of the molecule is CCS(=O)(=O)N1CCN(c2nc(NCc3ccccc3)c3ccccc3n2)CC1. The third kappa shape index (κ3) is 4.33. The van der Waals surface area contributed by atoms with Gasteiger partial charge in [0.1, 0.15) is 5.82 Å². The van der Waals surface area contributed by atoms with Gasteiger partial charge < -0.3 is 10.2 Å². The summed E-state index contributed by atoms with van der Waals surface area (Å²) in [6, 6.07) is 18.1. The molecule has 0 aliphatic carbocycles. The van der Waals surface area contributed by atoms with Crippen LogP contribution in [0.2, 0.25) is 0 Å². The molecular weight excluding hydrogens is 386 g/mol. The zero-order chi connectivity index (χ0) is 20.3. The first-order chi connectivity index (χ1) is 14.1. The number of hydrogen-bond acceptors (Lipinski definition) is 6. The highest BCUT2D eigenvalue weighted by Gasteiger charge is 2.27. The fourth-order valence-corrected chi connectivity index (χ4v) is 4.56. The number of fused-ring (bicyclic) bond motifs is 1. The molecule has 0 unspecified atom stereocenters. The predicted octanol–water partition coefficient (Wildman–Crippen LogP) is 2.71. The van der Waals surface area contributed by atoms with E-state index in [1.54, 1.807) is 11.2 Å². The number of piperazine rings is 1. The summed E-state index contributed by atoms with van der Waals surface area (Å²) < 4.78 is 25.8. The van der Waals surface area contributed by atoms with Crippen LogP contribution in [0.5, 0.6) is 0 Å². The lowest BCUT2D eigenvalue weighted by Crippen LogP contribution is -2.49. The maximum atomic E-state index is 12.1. The fraction of sp³-hybridized carbons (Fsp3) is 0.333. The summed E-state index contributed by atoms with van der Waals surface area (Å²) in [5.74, 6) is 1.55. The van der Waals surface area contributed by atoms with E-state index in [2.05, 4.69) is 22.3 Å². The maximum absolute atomic E-state index is 12.1. The largest absolute Gasteiger partial charge is 0.365 e. The fourth-order valence-electron chi connectivity index (χ4n) is 3.47. The smallest absolute Gasteiger partial charge is 0.227 e. The van der Waals surface area contributed by atoms with Crippen LogP contribution in [0.25, 0.3) is 10.9 Å². The van der Waals surface area contributed by atoms with E-state index in [-0.39, 0.29) is 5.75 Å². The zero-order valence-electron chi connectivity index (χ0n) is 16.5. The van der Waals surface area contributed by atoms with E-state index in [4.69, 9.17) is 9.97 Å². The van der Waals surface area contributed by atoms with Crippen LogP contribution in [0, 0.1) is 0 Å². The number of hydrogen-bond donors (Lipinski definition) is 1. The Kier molecular flexibility index (Phi) is 5.64. The van der Waals surface area contributed by atoms with Crippen LogP contribution < -0.4 is 10.2 Å². The Bertz CT molecular complexity index is 1080. The van der Waals surface area contributed by atoms with Crippen molar-refractivity contribution in [1.82, 2.24) is 14.3 Å². The molecule has 0 atom stereocenters. The third-order valence-electron chi connectivity index (χ3n) is 5.17. The molecule has 4 rings (SSSR count). The van der Waals surface area contributed by atoms with Gasteiger partial charge >= 0.3 is 0 Å². The van der Waals surface area contributed by atoms with E-state index in [0.29, 0.717) is 38.7 Å². The second kappa shape index (κ2) is 8.34. The van der Waals surface area contributed by atoms with Crippen molar-refractivity contribution in [2.45, 2.75) is 13.5 Å². The van der Waals surface area contributed by atoms with Gasteiger partial charge in [-0.3, -0.25) is 0 Å². The molecule has 1 aromatic heterocycles. The van der Waals surface area contributed by atoms with E-state index < -0.39 is 10.0 Å². The second-order valence-electron chi connectivity index (χ2n) is 7.02. The summed E-state index contributed by atoms with van der Waals surface area (Å²) in [6.45, 7) is 4.42. The molecule has 1 N–H and O–H groups in total. The highest BCUT2D eigenvalue weighted by atomic mass is 32.2. The van der Waals surface area contributed by atoms with Gasteiger partial charge in [-0.1, -0.05) is 42.5 Å². The van der Waals surface area contributed by atoms with Gasteiger partial charge in [0.15, 0.2) is 0 Å². The maximum Gasteiger partial charge on any atom is 0.227 e. The summed E-state index contributed by atoms with van der Waals surface area (Å²) in [4.78, 5) is 11.6. The Balaban J connectivity index is 1.57. The number of nitrogens with one attached hydrogen (secondary N) is 1. The quantitative estimate of drug-likeness (QED) is 0.672. The molecule has 0 bridgehead atoms. The predicted molar refractivity (Wildman–Crippen MR) is 117 cm³/mol. The van der Waals surface area contributed by atoms with Gasteiger partial charge in [-0.05, 0) is 24.6 Å². The molecule has 8 heteroatoms. The number of nitrogens with zero attached hydrogens (tertiary/aromatic N) is 4. The summed E-state index contributed by atoms with van der Waals surface area (Å²) in [5.41, 5.74) is 2.05. The summed E-state index contributed by atoms with van der Waals surface area (Å²) in [5, 5.41) is 4.41. The Labute approximate surface area is 171 Å². The van der Waals surface area contributed by atoms with Crippen molar-refractivity contribution in [2.24, 2.45) is 0 Å². The summed E-state index contributed by atoms with van der Waals surface area (Å²) >= 11 is 0. The van der Waals surface area contributed by atoms with E-state index in [1.165, 1.54) is 5.56 Å². The molecule has 1 fully saturated rings. The lowest BCUT2D eigenvalue weighted by Gasteiger charge is -2.34. The van der Waals surface area contributed by atoms with Gasteiger partial charge in [0.2, 0.25) is 16.0 Å². The average molecular weight is 412 g/mol. The molecule has 0 saturated carbocycles. The Hall–Kier alpha value is -2.71. The molecule has 1 saturated heterocycles. The first-order valence-electron chi connectivity index (χ1n) is 9.84. The minimum absolute atomic E-state index is 0.132. The van der Waals surface area contributed by atoms with Crippen LogP contribution in [0.3, 0.4) is 0 Å². The minimum Gasteiger partial charge on any atom is -0.365 e. The molecule has 152 valence electrons. The number of anilines is 2. The first kappa shape index (κ1) is 19.6. The number of rotatable bonds is 6. The Morgan fingerprint density at radius 1 is 0.931 bits per heavy atom. The van der Waals surface area contributed by atoms with Crippen LogP contribution in [0.15, 0.2) is 54.6 Å². The molecule has 0 spiro atoms. The number of sulfonamides is 1. The van der Waals surface area contributed by atoms with Gasteiger partial charge in [-0.25, -0.2) is 13.4 Å². The minimum atomic E-state index is -3.16. The van der Waals surface area contributed by atoms with Crippen molar-refractivity contribution in [2.75, 3.05) is 42.1 Å². The third-order valence-corrected chi connectivity index (χ3v) is 7.06. The summed E-state index contributed by atoms with van der Waals surface area (Å²) in [6.07, 6.45) is 0. The number of aromatic nitrogens is 2. The highest BCUT2D eigenvalue weighted by Crippen LogP contribution is 2.25. The van der Waals surface area contributed by atoms with Crippen LogP contribution >= 0.6 is 0 Å². The molecule has 29 heavy (non-hydrogen) atoms. The molecule has 0 amide bonds. The van der Waals surface area contributed by atoms with Gasteiger partial charge in [0.05, 0.1) is 11.3 Å². The van der Waals surface area contributed by atoms with Crippen LogP contribution in [0.1, 0.15) is 12.5 Å². The lowest BCUT2D eigenvalue weighted by atomic mass is 10.2. The molecule has 1 aliphatic heterocycles. The van der Waals surface area contributed by atoms with E-state index in [1.807, 2.05) is 42.5 Å². The van der Waals surface area contributed by atoms with Crippen molar-refractivity contribution < 1.29 is 8.42 Å². The lowest BCUT2D eigenvalue weighted by molar-refractivity contribution is 0.383. The zero-order valence-corrected chi connectivity index (χ0v) is 17.3. The highest BCUT2D eigenvalue weighted by molar-refractivity contribution is 7.89. The normalized spacial score (nSPS) is 15.6. The van der Waals surface area contributed by atoms with Crippen molar-refractivity contribution in [3.05, 3.63) is 60.2 Å². The van der Waals surface area contributed by atoms with Gasteiger partial charge in [0.25, 0.3) is 0 Å². The van der Waals surface area contributed by atoms with Gasteiger partial charge in [0, 0.05) is 38.1 Å².